The van der Waals surface area contributed by atoms with Gasteiger partial charge in [0.1, 0.15) is 6.61 Å². The van der Waals surface area contributed by atoms with Gasteiger partial charge in [0.25, 0.3) is 0 Å². The van der Waals surface area contributed by atoms with Crippen molar-refractivity contribution in [2.45, 2.75) is 226 Å². The molecule has 0 aliphatic rings. The van der Waals surface area contributed by atoms with Crippen LogP contribution in [0.15, 0.2) is 36.5 Å². The molecule has 1 N–H and O–H groups in total. The number of carbonyl (C=O) groups excluding carboxylic acids is 2. The topological polar surface area (TPSA) is 108 Å². The monoisotopic (exact) mass is 797 g/mol. The number of allylic oxidation sites excluding steroid dienone is 6. The number of rotatable bonds is 42. The molecule has 0 fully saturated rings. The molecule has 0 aromatic rings. The van der Waals surface area contributed by atoms with Crippen LogP contribution in [-0.2, 0) is 32.7 Å². The zero-order chi connectivity index (χ0) is 40.3. The number of esters is 2. The van der Waals surface area contributed by atoms with Crippen LogP contribution in [0, 0.1) is 0 Å². The highest BCUT2D eigenvalue weighted by molar-refractivity contribution is 7.47. The second kappa shape index (κ2) is 41.9. The maximum absolute atomic E-state index is 12.5. The molecule has 8 nitrogen and oxygen atoms in total. The molecule has 55 heavy (non-hydrogen) atoms. The Bertz CT molecular complexity index is 994. The number of hydrogen-bond acceptors (Lipinski definition) is 7. The minimum Gasteiger partial charge on any atom is -0.462 e. The average molecular weight is 797 g/mol. The van der Waals surface area contributed by atoms with Crippen molar-refractivity contribution in [3.8, 4) is 0 Å². The Morgan fingerprint density at radius 2 is 0.927 bits per heavy atom. The third-order valence-electron chi connectivity index (χ3n) is 9.71. The summed E-state index contributed by atoms with van der Waals surface area (Å²) in [5.74, 6) is -0.810. The van der Waals surface area contributed by atoms with Gasteiger partial charge in [0.05, 0.1) is 13.2 Å². The Labute approximate surface area is 338 Å². The molecule has 2 unspecified atom stereocenters. The van der Waals surface area contributed by atoms with Gasteiger partial charge < -0.3 is 14.4 Å². The number of hydrogen-bond donors (Lipinski definition) is 1. The molecule has 2 atom stereocenters. The Kier molecular flexibility index (Phi) is 40.6. The van der Waals surface area contributed by atoms with Gasteiger partial charge in [-0.3, -0.25) is 18.6 Å². The smallest absolute Gasteiger partial charge is 0.462 e. The summed E-state index contributed by atoms with van der Waals surface area (Å²) in [6, 6.07) is 0. The lowest BCUT2D eigenvalue weighted by Crippen LogP contribution is -2.29. The van der Waals surface area contributed by atoms with Crippen LogP contribution in [0.1, 0.15) is 220 Å². The quantitative estimate of drug-likeness (QED) is 0.0281. The SMILES string of the molecule is CC/C=C\C/C=C\C/C=C\CCCCCCCC(=O)OC(COC(=O)CCCCCCCCCCCCCCCCCCCCCC)COP(=O)(O)OCC. The molecule has 0 spiro atoms. The first kappa shape index (κ1) is 53.3. The Morgan fingerprint density at radius 1 is 0.509 bits per heavy atom. The standard InChI is InChI=1S/C46H85O8P/c1-4-7-9-11-13-15-17-19-21-22-23-24-25-27-28-30-32-34-36-38-40-45(47)51-42-44(43-53-55(49,50)52-6-3)54-46(48)41-39-37-35-33-31-29-26-20-18-16-14-12-10-8-5-2/h8,10,14,16,20,26,44H,4-7,9,11-13,15,17-19,21-25,27-43H2,1-3H3,(H,49,50)/b10-8-,16-14-,26-20-. The average Bonchev–Trinajstić information content (AvgIpc) is 3.16. The van der Waals surface area contributed by atoms with Gasteiger partial charge >= 0.3 is 19.8 Å². The lowest BCUT2D eigenvalue weighted by Gasteiger charge is -2.19. The molecular formula is C46H85O8P. The van der Waals surface area contributed by atoms with E-state index in [4.69, 9.17) is 18.5 Å². The molecule has 0 aliphatic heterocycles. The van der Waals surface area contributed by atoms with Crippen molar-refractivity contribution in [3.63, 3.8) is 0 Å². The van der Waals surface area contributed by atoms with Crippen molar-refractivity contribution in [2.24, 2.45) is 0 Å². The van der Waals surface area contributed by atoms with Crippen LogP contribution >= 0.6 is 7.82 Å². The number of unbranched alkanes of at least 4 members (excludes halogenated alkanes) is 24. The predicted octanol–water partition coefficient (Wildman–Crippen LogP) is 14.4. The maximum Gasteiger partial charge on any atom is 0.472 e. The molecule has 0 bridgehead atoms. The van der Waals surface area contributed by atoms with Gasteiger partial charge in [-0.1, -0.05) is 192 Å². The molecule has 0 aromatic heterocycles. The van der Waals surface area contributed by atoms with E-state index in [2.05, 4.69) is 50.3 Å². The van der Waals surface area contributed by atoms with Crippen LogP contribution in [0.2, 0.25) is 0 Å². The molecule has 0 saturated carbocycles. The largest absolute Gasteiger partial charge is 0.472 e. The summed E-state index contributed by atoms with van der Waals surface area (Å²) in [6.07, 6.45) is 47.8. The third kappa shape index (κ3) is 41.7. The summed E-state index contributed by atoms with van der Waals surface area (Å²) in [4.78, 5) is 34.8. The number of phosphoric acid groups is 1. The van der Waals surface area contributed by atoms with E-state index in [0.717, 1.165) is 70.6 Å². The van der Waals surface area contributed by atoms with E-state index in [0.29, 0.717) is 12.8 Å². The van der Waals surface area contributed by atoms with E-state index in [-0.39, 0.29) is 25.6 Å². The van der Waals surface area contributed by atoms with Crippen LogP contribution in [0.3, 0.4) is 0 Å². The zero-order valence-electron chi connectivity index (χ0n) is 35.8. The Hall–Kier alpha value is -1.73. The second-order valence-corrected chi connectivity index (χ2v) is 16.5. The van der Waals surface area contributed by atoms with Crippen molar-refractivity contribution < 1.29 is 37.6 Å². The maximum atomic E-state index is 12.5. The molecule has 0 radical (unpaired) electrons. The van der Waals surface area contributed by atoms with E-state index in [1.54, 1.807) is 6.92 Å². The Morgan fingerprint density at radius 3 is 1.40 bits per heavy atom. The van der Waals surface area contributed by atoms with Crippen molar-refractivity contribution in [1.82, 2.24) is 0 Å². The fourth-order valence-corrected chi connectivity index (χ4v) is 7.17. The van der Waals surface area contributed by atoms with Gasteiger partial charge in [-0.2, -0.15) is 0 Å². The number of phosphoric ester groups is 1. The summed E-state index contributed by atoms with van der Waals surface area (Å²) in [5.41, 5.74) is 0. The lowest BCUT2D eigenvalue weighted by atomic mass is 10.0. The summed E-state index contributed by atoms with van der Waals surface area (Å²) in [7, 11) is -4.28. The van der Waals surface area contributed by atoms with Crippen LogP contribution in [0.4, 0.5) is 0 Å². The van der Waals surface area contributed by atoms with Gasteiger partial charge in [0.15, 0.2) is 6.10 Å². The highest BCUT2D eigenvalue weighted by Crippen LogP contribution is 2.43. The van der Waals surface area contributed by atoms with Crippen molar-refractivity contribution >= 4 is 19.8 Å². The summed E-state index contributed by atoms with van der Waals surface area (Å²) in [6.45, 7) is 5.37. The summed E-state index contributed by atoms with van der Waals surface area (Å²) in [5, 5.41) is 0. The summed E-state index contributed by atoms with van der Waals surface area (Å²) >= 11 is 0. The lowest BCUT2D eigenvalue weighted by molar-refractivity contribution is -0.161. The first-order valence-corrected chi connectivity index (χ1v) is 24.3. The van der Waals surface area contributed by atoms with Crippen LogP contribution in [0.5, 0.6) is 0 Å². The van der Waals surface area contributed by atoms with Gasteiger partial charge in [0.2, 0.25) is 0 Å². The molecule has 0 heterocycles. The van der Waals surface area contributed by atoms with Crippen molar-refractivity contribution in [3.05, 3.63) is 36.5 Å². The molecular weight excluding hydrogens is 711 g/mol. The van der Waals surface area contributed by atoms with Crippen LogP contribution in [0.25, 0.3) is 0 Å². The van der Waals surface area contributed by atoms with E-state index in [9.17, 15) is 19.0 Å². The van der Waals surface area contributed by atoms with Gasteiger partial charge in [-0.05, 0) is 51.9 Å². The summed E-state index contributed by atoms with van der Waals surface area (Å²) < 4.78 is 32.7. The van der Waals surface area contributed by atoms with Crippen LogP contribution < -0.4 is 0 Å². The van der Waals surface area contributed by atoms with E-state index in [1.807, 2.05) is 0 Å². The number of ether oxygens (including phenoxy) is 2. The van der Waals surface area contributed by atoms with Crippen molar-refractivity contribution in [1.29, 1.82) is 0 Å². The minimum absolute atomic E-state index is 0.00246. The van der Waals surface area contributed by atoms with Gasteiger partial charge in [-0.25, -0.2) is 4.57 Å². The molecule has 0 aromatic carbocycles. The molecule has 0 rings (SSSR count). The normalized spacial score (nSPS) is 13.6. The second-order valence-electron chi connectivity index (χ2n) is 15.0. The molecule has 9 heteroatoms. The predicted molar refractivity (Wildman–Crippen MR) is 230 cm³/mol. The molecule has 0 saturated heterocycles. The molecule has 0 amide bonds. The van der Waals surface area contributed by atoms with Crippen molar-refractivity contribution in [2.75, 3.05) is 19.8 Å². The van der Waals surface area contributed by atoms with E-state index in [1.165, 1.54) is 109 Å². The molecule has 322 valence electrons. The fraction of sp³-hybridized carbons (Fsp3) is 0.826. The third-order valence-corrected chi connectivity index (χ3v) is 10.8. The minimum atomic E-state index is -4.28. The van der Waals surface area contributed by atoms with E-state index < -0.39 is 26.5 Å². The Balaban J connectivity index is 4.02. The highest BCUT2D eigenvalue weighted by Gasteiger charge is 2.25. The van der Waals surface area contributed by atoms with Crippen LogP contribution in [-0.4, -0.2) is 42.8 Å². The fourth-order valence-electron chi connectivity index (χ4n) is 6.41. The van der Waals surface area contributed by atoms with E-state index >= 15 is 0 Å². The van der Waals surface area contributed by atoms with Gasteiger partial charge in [0, 0.05) is 12.8 Å². The first-order valence-electron chi connectivity index (χ1n) is 22.8. The number of carbonyl (C=O) groups is 2. The zero-order valence-corrected chi connectivity index (χ0v) is 36.7. The first-order chi connectivity index (χ1) is 26.8. The van der Waals surface area contributed by atoms with Gasteiger partial charge in [-0.15, -0.1) is 0 Å². The highest BCUT2D eigenvalue weighted by atomic mass is 31.2. The molecule has 0 aliphatic carbocycles.